The standard InChI is InChI=1S/C23H33FO/c1-25-23-15-13-22(14-16-23)21-11-9-20(10-12-21)19-7-5-18(6-8-19)4-2-3-17-24/h3,13-21H,2,4-12H2,1H3/t18-,19-,20-,21-. The van der Waals surface area contributed by atoms with E-state index in [1.54, 1.807) is 13.2 Å². The summed E-state index contributed by atoms with van der Waals surface area (Å²) in [6, 6.07) is 8.70. The summed E-state index contributed by atoms with van der Waals surface area (Å²) in [5, 5.41) is 0. The molecule has 3 rings (SSSR count). The maximum absolute atomic E-state index is 12.1. The van der Waals surface area contributed by atoms with Gasteiger partial charge in [-0.1, -0.05) is 31.1 Å². The molecule has 1 aromatic carbocycles. The first-order chi connectivity index (χ1) is 12.3. The summed E-state index contributed by atoms with van der Waals surface area (Å²) in [6.45, 7) is 0. The van der Waals surface area contributed by atoms with E-state index in [9.17, 15) is 4.39 Å². The van der Waals surface area contributed by atoms with Crippen molar-refractivity contribution in [1.82, 2.24) is 0 Å². The van der Waals surface area contributed by atoms with E-state index < -0.39 is 0 Å². The summed E-state index contributed by atoms with van der Waals surface area (Å²) in [4.78, 5) is 0. The molecule has 1 aromatic rings. The molecule has 1 nitrogen and oxygen atoms in total. The normalized spacial score (nSPS) is 30.5. The molecule has 2 saturated carbocycles. The van der Waals surface area contributed by atoms with E-state index in [1.165, 1.54) is 63.4 Å². The Kier molecular flexibility index (Phi) is 6.95. The average Bonchev–Trinajstić information content (AvgIpc) is 2.69. The van der Waals surface area contributed by atoms with Gasteiger partial charge in [-0.15, -0.1) is 0 Å². The van der Waals surface area contributed by atoms with Crippen LogP contribution in [0.5, 0.6) is 5.75 Å². The number of rotatable bonds is 6. The third-order valence-electron chi connectivity index (χ3n) is 6.75. The van der Waals surface area contributed by atoms with Gasteiger partial charge in [-0.05, 0) is 92.7 Å². The summed E-state index contributed by atoms with van der Waals surface area (Å²) in [7, 11) is 1.73. The second-order valence-corrected chi connectivity index (χ2v) is 8.10. The van der Waals surface area contributed by atoms with Gasteiger partial charge in [-0.2, -0.15) is 0 Å². The van der Waals surface area contributed by atoms with E-state index in [4.69, 9.17) is 4.74 Å². The van der Waals surface area contributed by atoms with Gasteiger partial charge in [0.25, 0.3) is 0 Å². The molecule has 25 heavy (non-hydrogen) atoms. The van der Waals surface area contributed by atoms with Gasteiger partial charge < -0.3 is 4.74 Å². The largest absolute Gasteiger partial charge is 0.497 e. The van der Waals surface area contributed by atoms with Crippen LogP contribution >= 0.6 is 0 Å². The molecule has 2 heteroatoms. The first-order valence-corrected chi connectivity index (χ1v) is 10.2. The van der Waals surface area contributed by atoms with Crippen LogP contribution in [0.15, 0.2) is 36.7 Å². The van der Waals surface area contributed by atoms with Crippen LogP contribution in [-0.2, 0) is 0 Å². The predicted octanol–water partition coefficient (Wildman–Crippen LogP) is 7.04. The van der Waals surface area contributed by atoms with Crippen molar-refractivity contribution in [2.24, 2.45) is 17.8 Å². The fourth-order valence-corrected chi connectivity index (χ4v) is 5.14. The fraction of sp³-hybridized carbons (Fsp3) is 0.652. The molecule has 2 aliphatic carbocycles. The zero-order chi connectivity index (χ0) is 17.5. The highest BCUT2D eigenvalue weighted by atomic mass is 19.1. The van der Waals surface area contributed by atoms with E-state index >= 15 is 0 Å². The van der Waals surface area contributed by atoms with E-state index in [-0.39, 0.29) is 0 Å². The lowest BCUT2D eigenvalue weighted by molar-refractivity contribution is 0.157. The van der Waals surface area contributed by atoms with Crippen LogP contribution in [0.3, 0.4) is 0 Å². The summed E-state index contributed by atoms with van der Waals surface area (Å²) in [6.07, 6.45) is 15.5. The van der Waals surface area contributed by atoms with Gasteiger partial charge in [0, 0.05) is 0 Å². The molecule has 0 heterocycles. The van der Waals surface area contributed by atoms with Crippen molar-refractivity contribution in [2.45, 2.75) is 70.1 Å². The molecule has 0 N–H and O–H groups in total. The molecule has 0 bridgehead atoms. The number of hydrogen-bond donors (Lipinski definition) is 0. The van der Waals surface area contributed by atoms with Crippen LogP contribution in [0.4, 0.5) is 4.39 Å². The molecule has 0 spiro atoms. The van der Waals surface area contributed by atoms with Crippen LogP contribution < -0.4 is 4.74 Å². The molecule has 138 valence electrons. The number of allylic oxidation sites excluding steroid dienone is 1. The lowest BCUT2D eigenvalue weighted by Crippen LogP contribution is -2.25. The summed E-state index contributed by atoms with van der Waals surface area (Å²) in [5.74, 6) is 4.43. The van der Waals surface area contributed by atoms with E-state index in [0.717, 1.165) is 35.8 Å². The SMILES string of the molecule is COc1ccc([C@H]2CC[C@H]([C@H]3CC[C@H](CCC=CF)CC3)CC2)cc1. The quantitative estimate of drug-likeness (QED) is 0.538. The van der Waals surface area contributed by atoms with Crippen molar-refractivity contribution in [1.29, 1.82) is 0 Å². The van der Waals surface area contributed by atoms with Gasteiger partial charge in [-0.25, -0.2) is 4.39 Å². The molecule has 2 fully saturated rings. The Hall–Kier alpha value is -1.31. The van der Waals surface area contributed by atoms with Crippen molar-refractivity contribution < 1.29 is 9.13 Å². The Morgan fingerprint density at radius 3 is 2.08 bits per heavy atom. The molecule has 0 saturated heterocycles. The number of methoxy groups -OCH3 is 1. The first-order valence-electron chi connectivity index (χ1n) is 10.2. The van der Waals surface area contributed by atoms with E-state index in [0.29, 0.717) is 6.33 Å². The zero-order valence-electron chi connectivity index (χ0n) is 15.6. The fourth-order valence-electron chi connectivity index (χ4n) is 5.14. The Morgan fingerprint density at radius 2 is 1.52 bits per heavy atom. The van der Waals surface area contributed by atoms with Crippen molar-refractivity contribution in [3.63, 3.8) is 0 Å². The summed E-state index contributed by atoms with van der Waals surface area (Å²) >= 11 is 0. The third kappa shape index (κ3) is 5.09. The minimum Gasteiger partial charge on any atom is -0.497 e. The lowest BCUT2D eigenvalue weighted by Gasteiger charge is -2.38. The minimum absolute atomic E-state index is 0.701. The number of halogens is 1. The Labute approximate surface area is 152 Å². The topological polar surface area (TPSA) is 9.23 Å². The van der Waals surface area contributed by atoms with Crippen LogP contribution in [0.25, 0.3) is 0 Å². The highest BCUT2D eigenvalue weighted by molar-refractivity contribution is 5.29. The van der Waals surface area contributed by atoms with E-state index in [2.05, 4.69) is 24.3 Å². The van der Waals surface area contributed by atoms with Crippen molar-refractivity contribution in [3.8, 4) is 5.75 Å². The molecule has 2 aliphatic rings. The van der Waals surface area contributed by atoms with Gasteiger partial charge in [0.2, 0.25) is 0 Å². The van der Waals surface area contributed by atoms with Gasteiger partial charge in [0.1, 0.15) is 5.75 Å². The molecular formula is C23H33FO. The van der Waals surface area contributed by atoms with Gasteiger partial charge >= 0.3 is 0 Å². The molecule has 0 aromatic heterocycles. The lowest BCUT2D eigenvalue weighted by atomic mass is 9.68. The molecule has 0 aliphatic heterocycles. The van der Waals surface area contributed by atoms with Crippen LogP contribution in [0.1, 0.15) is 75.7 Å². The maximum atomic E-state index is 12.1. The van der Waals surface area contributed by atoms with Gasteiger partial charge in [-0.3, -0.25) is 0 Å². The van der Waals surface area contributed by atoms with E-state index in [1.807, 2.05) is 0 Å². The number of benzene rings is 1. The van der Waals surface area contributed by atoms with Crippen LogP contribution in [0, 0.1) is 17.8 Å². The molecule has 0 amide bonds. The molecule has 0 radical (unpaired) electrons. The van der Waals surface area contributed by atoms with Crippen LogP contribution in [0.2, 0.25) is 0 Å². The number of hydrogen-bond acceptors (Lipinski definition) is 1. The van der Waals surface area contributed by atoms with Gasteiger partial charge in [0.05, 0.1) is 13.4 Å². The van der Waals surface area contributed by atoms with Gasteiger partial charge in [0.15, 0.2) is 0 Å². The van der Waals surface area contributed by atoms with Crippen molar-refractivity contribution in [3.05, 3.63) is 42.2 Å². The monoisotopic (exact) mass is 344 g/mol. The predicted molar refractivity (Wildman–Crippen MR) is 103 cm³/mol. The third-order valence-corrected chi connectivity index (χ3v) is 6.75. The van der Waals surface area contributed by atoms with Crippen molar-refractivity contribution >= 4 is 0 Å². The van der Waals surface area contributed by atoms with Crippen molar-refractivity contribution in [2.75, 3.05) is 7.11 Å². The second kappa shape index (κ2) is 9.40. The van der Waals surface area contributed by atoms with Crippen LogP contribution in [-0.4, -0.2) is 7.11 Å². The number of ether oxygens (including phenoxy) is 1. The molecule has 0 unspecified atom stereocenters. The second-order valence-electron chi connectivity index (χ2n) is 8.10. The molecule has 0 atom stereocenters. The Bertz CT molecular complexity index is 520. The zero-order valence-corrected chi connectivity index (χ0v) is 15.6. The summed E-state index contributed by atoms with van der Waals surface area (Å²) < 4.78 is 17.3. The maximum Gasteiger partial charge on any atom is 0.118 e. The average molecular weight is 345 g/mol. The summed E-state index contributed by atoms with van der Waals surface area (Å²) in [5.41, 5.74) is 1.49. The Morgan fingerprint density at radius 1 is 0.920 bits per heavy atom. The minimum atomic E-state index is 0.701. The molecular weight excluding hydrogens is 311 g/mol. The smallest absolute Gasteiger partial charge is 0.118 e. The highest BCUT2D eigenvalue weighted by Crippen LogP contribution is 2.44. The Balaban J connectivity index is 1.42. The first kappa shape index (κ1) is 18.5. The highest BCUT2D eigenvalue weighted by Gasteiger charge is 2.31.